The number of carbonyl (C=O) groups excluding carboxylic acids is 1. The van der Waals surface area contributed by atoms with Crippen LogP contribution in [0.5, 0.6) is 0 Å². The molecular formula is C8H11Br2IN2OS. The van der Waals surface area contributed by atoms with Gasteiger partial charge in [-0.2, -0.15) is 5.43 Å². The van der Waals surface area contributed by atoms with Crippen LogP contribution in [0.15, 0.2) is 14.3 Å². The van der Waals surface area contributed by atoms with Crippen molar-refractivity contribution < 1.29 is 33.4 Å². The first kappa shape index (κ1) is 15.8. The molecule has 0 aliphatic carbocycles. The Morgan fingerprint density at radius 2 is 1.93 bits per heavy atom. The van der Waals surface area contributed by atoms with Gasteiger partial charge >= 0.3 is 5.91 Å². The molecule has 7 heteroatoms. The summed E-state index contributed by atoms with van der Waals surface area (Å²) in [6.07, 6.45) is 0. The molecule has 3 nitrogen and oxygen atoms in total. The lowest BCUT2D eigenvalue weighted by molar-refractivity contribution is -0.905. The summed E-state index contributed by atoms with van der Waals surface area (Å²) in [5, 5.41) is 0. The van der Waals surface area contributed by atoms with Crippen molar-refractivity contribution in [1.82, 2.24) is 5.43 Å². The van der Waals surface area contributed by atoms with E-state index in [0.717, 1.165) is 8.26 Å². The highest BCUT2D eigenvalue weighted by Crippen LogP contribution is 2.32. The van der Waals surface area contributed by atoms with Gasteiger partial charge < -0.3 is 24.0 Å². The van der Waals surface area contributed by atoms with Gasteiger partial charge in [0.1, 0.15) is 0 Å². The van der Waals surface area contributed by atoms with Crippen LogP contribution in [0.2, 0.25) is 0 Å². The second kappa shape index (κ2) is 5.95. The lowest BCUT2D eigenvalue weighted by atomic mass is 10.4. The summed E-state index contributed by atoms with van der Waals surface area (Å²) in [5.41, 5.74) is 2.84. The normalized spacial score (nSPS) is 10.7. The molecule has 0 atom stereocenters. The molecule has 1 heterocycles. The number of hydrogen-bond acceptors (Lipinski definition) is 2. The van der Waals surface area contributed by atoms with Gasteiger partial charge in [0.25, 0.3) is 0 Å². The summed E-state index contributed by atoms with van der Waals surface area (Å²) in [5.74, 6) is -0.0612. The minimum absolute atomic E-state index is 0. The maximum absolute atomic E-state index is 11.7. The zero-order valence-electron chi connectivity index (χ0n) is 8.47. The predicted octanol–water partition coefficient (Wildman–Crippen LogP) is -0.372. The second-order valence-electron chi connectivity index (χ2n) is 3.69. The van der Waals surface area contributed by atoms with Crippen LogP contribution in [0.4, 0.5) is 0 Å². The number of amides is 1. The molecule has 0 spiro atoms. The van der Waals surface area contributed by atoms with Crippen molar-refractivity contribution >= 4 is 49.1 Å². The van der Waals surface area contributed by atoms with E-state index < -0.39 is 0 Å². The van der Waals surface area contributed by atoms with Gasteiger partial charge in [-0.05, 0) is 37.9 Å². The third-order valence-corrected chi connectivity index (χ3v) is 4.56. The van der Waals surface area contributed by atoms with Crippen LogP contribution in [-0.4, -0.2) is 31.6 Å². The maximum atomic E-state index is 11.7. The molecule has 0 fully saturated rings. The molecular weight excluding hydrogens is 459 g/mol. The van der Waals surface area contributed by atoms with Crippen LogP contribution in [0, 0.1) is 0 Å². The first-order valence-corrected chi connectivity index (χ1v) is 6.29. The fourth-order valence-corrected chi connectivity index (χ4v) is 2.74. The van der Waals surface area contributed by atoms with E-state index >= 15 is 0 Å². The Balaban J connectivity index is 0.00000196. The first-order valence-electron chi connectivity index (χ1n) is 3.88. The summed E-state index contributed by atoms with van der Waals surface area (Å²) in [6.45, 7) is 0. The molecule has 15 heavy (non-hydrogen) atoms. The smallest absolute Gasteiger partial charge is 0.306 e. The lowest BCUT2D eigenvalue weighted by Gasteiger charge is -2.22. The average Bonchev–Trinajstić information content (AvgIpc) is 2.28. The highest BCUT2D eigenvalue weighted by atomic mass is 127. The van der Waals surface area contributed by atoms with Crippen molar-refractivity contribution in [2.45, 2.75) is 0 Å². The Hall–Kier alpha value is 0.820. The van der Waals surface area contributed by atoms with E-state index in [0.29, 0.717) is 9.47 Å². The molecule has 0 saturated carbocycles. The third kappa shape index (κ3) is 5.12. The van der Waals surface area contributed by atoms with E-state index in [1.165, 1.54) is 11.3 Å². The standard InChI is InChI=1S/C8H10Br2N2OS.HI/c1-12(2,3)11-8(13)6-4-5(9)7(10)14-6;/h4H,1-3H3;1H. The van der Waals surface area contributed by atoms with Gasteiger partial charge in [-0.3, -0.25) is 4.79 Å². The number of carbonyl (C=O) groups is 1. The molecule has 86 valence electrons. The Labute approximate surface area is 127 Å². The number of nitrogens with one attached hydrogen (secondary N) is 1. The van der Waals surface area contributed by atoms with E-state index in [2.05, 4.69) is 37.3 Å². The molecule has 0 aliphatic rings. The molecule has 0 saturated heterocycles. The molecule has 1 N–H and O–H groups in total. The van der Waals surface area contributed by atoms with Gasteiger partial charge in [0, 0.05) is 4.47 Å². The molecule has 0 radical (unpaired) electrons. The SMILES string of the molecule is C[N+](C)(C)NC(=O)c1cc(Br)c(Br)s1.[I-]. The number of rotatable bonds is 2. The number of halogens is 3. The van der Waals surface area contributed by atoms with E-state index in [4.69, 9.17) is 0 Å². The van der Waals surface area contributed by atoms with E-state index in [1.807, 2.05) is 21.1 Å². The van der Waals surface area contributed by atoms with Gasteiger partial charge in [0.05, 0.1) is 29.8 Å². The van der Waals surface area contributed by atoms with Crippen molar-refractivity contribution in [2.75, 3.05) is 21.1 Å². The highest BCUT2D eigenvalue weighted by molar-refractivity contribution is 9.13. The Kier molecular flexibility index (Phi) is 6.27. The second-order valence-corrected chi connectivity index (χ2v) is 6.91. The fraction of sp³-hybridized carbons (Fsp3) is 0.375. The minimum atomic E-state index is -0.0612. The van der Waals surface area contributed by atoms with Gasteiger partial charge in [0.2, 0.25) is 0 Å². The molecule has 0 aromatic carbocycles. The Bertz CT molecular complexity index is 343. The van der Waals surface area contributed by atoms with Gasteiger partial charge in [-0.1, -0.05) is 0 Å². The molecule has 0 unspecified atom stereocenters. The monoisotopic (exact) mass is 468 g/mol. The Morgan fingerprint density at radius 1 is 1.40 bits per heavy atom. The molecule has 1 aromatic rings. The van der Waals surface area contributed by atoms with Crippen LogP contribution in [0.1, 0.15) is 9.67 Å². The van der Waals surface area contributed by atoms with E-state index in [-0.39, 0.29) is 29.9 Å². The van der Waals surface area contributed by atoms with E-state index in [1.54, 1.807) is 6.07 Å². The van der Waals surface area contributed by atoms with Crippen molar-refractivity contribution in [3.05, 3.63) is 19.2 Å². The largest absolute Gasteiger partial charge is 1.00 e. The van der Waals surface area contributed by atoms with E-state index in [9.17, 15) is 4.79 Å². The van der Waals surface area contributed by atoms with Crippen LogP contribution in [-0.2, 0) is 0 Å². The summed E-state index contributed by atoms with van der Waals surface area (Å²) in [4.78, 5) is 12.4. The van der Waals surface area contributed by atoms with Crippen LogP contribution >= 0.6 is 43.2 Å². The number of thiophene rings is 1. The molecule has 0 bridgehead atoms. The van der Waals surface area contributed by atoms with Crippen molar-refractivity contribution in [3.8, 4) is 0 Å². The average molecular weight is 470 g/mol. The zero-order valence-corrected chi connectivity index (χ0v) is 14.6. The molecule has 0 aliphatic heterocycles. The molecule has 1 amide bonds. The molecule has 1 rings (SSSR count). The van der Waals surface area contributed by atoms with Crippen molar-refractivity contribution in [1.29, 1.82) is 0 Å². The fourth-order valence-electron chi connectivity index (χ4n) is 0.818. The maximum Gasteiger partial charge on any atom is 0.306 e. The van der Waals surface area contributed by atoms with Crippen LogP contribution in [0.25, 0.3) is 0 Å². The zero-order chi connectivity index (χ0) is 10.9. The third-order valence-electron chi connectivity index (χ3n) is 1.31. The molecule has 1 aromatic heterocycles. The number of hydrogen-bond donors (Lipinski definition) is 1. The lowest BCUT2D eigenvalue weighted by Crippen LogP contribution is -3.00. The van der Waals surface area contributed by atoms with Crippen molar-refractivity contribution in [3.63, 3.8) is 0 Å². The first-order chi connectivity index (χ1) is 6.29. The Morgan fingerprint density at radius 3 is 2.27 bits per heavy atom. The highest BCUT2D eigenvalue weighted by Gasteiger charge is 2.17. The topological polar surface area (TPSA) is 29.1 Å². The summed E-state index contributed by atoms with van der Waals surface area (Å²) in [6, 6.07) is 1.81. The van der Waals surface area contributed by atoms with Gasteiger partial charge in [-0.25, -0.2) is 4.59 Å². The van der Waals surface area contributed by atoms with Crippen LogP contribution < -0.4 is 29.4 Å². The predicted molar refractivity (Wildman–Crippen MR) is 65.2 cm³/mol. The minimum Gasteiger partial charge on any atom is -1.00 e. The number of quaternary nitrogens is 1. The summed E-state index contributed by atoms with van der Waals surface area (Å²) < 4.78 is 2.25. The van der Waals surface area contributed by atoms with Crippen molar-refractivity contribution in [2.24, 2.45) is 0 Å². The van der Waals surface area contributed by atoms with Crippen LogP contribution in [0.3, 0.4) is 0 Å². The quantitative estimate of drug-likeness (QED) is 0.357. The van der Waals surface area contributed by atoms with Gasteiger partial charge in [0.15, 0.2) is 0 Å². The summed E-state index contributed by atoms with van der Waals surface area (Å²) >= 11 is 8.10. The van der Waals surface area contributed by atoms with Gasteiger partial charge in [-0.15, -0.1) is 11.3 Å². The summed E-state index contributed by atoms with van der Waals surface area (Å²) in [7, 11) is 5.70. The number of nitrogens with zero attached hydrogens (tertiary/aromatic N) is 1.